The van der Waals surface area contributed by atoms with Crippen LogP contribution in [0.4, 0.5) is 31.1 Å². The zero-order valence-corrected chi connectivity index (χ0v) is 22.0. The summed E-state index contributed by atoms with van der Waals surface area (Å²) in [5, 5.41) is 0. The van der Waals surface area contributed by atoms with Crippen LogP contribution in [0.2, 0.25) is 0 Å². The highest BCUT2D eigenvalue weighted by Gasteiger charge is 2.38. The van der Waals surface area contributed by atoms with Crippen molar-refractivity contribution in [2.45, 2.75) is 50.1 Å². The molecule has 4 rings (SSSR count). The van der Waals surface area contributed by atoms with Crippen LogP contribution < -0.4 is 0 Å². The molecule has 2 aliphatic heterocycles. The van der Waals surface area contributed by atoms with Gasteiger partial charge in [0.1, 0.15) is 6.04 Å². The van der Waals surface area contributed by atoms with Crippen molar-refractivity contribution in [1.29, 1.82) is 0 Å². The maximum Gasteiger partial charge on any atom is 0.416 e. The summed E-state index contributed by atoms with van der Waals surface area (Å²) < 4.78 is 84.7. The fraction of sp³-hybridized carbons (Fsp3) is 0.500. The van der Waals surface area contributed by atoms with Crippen LogP contribution >= 0.6 is 0 Å². The highest BCUT2D eigenvalue weighted by molar-refractivity contribution is 5.83. The van der Waals surface area contributed by atoms with E-state index in [2.05, 4.69) is 0 Å². The molecule has 2 fully saturated rings. The van der Waals surface area contributed by atoms with Gasteiger partial charge in [-0.15, -0.1) is 0 Å². The zero-order valence-electron chi connectivity index (χ0n) is 22.0. The van der Waals surface area contributed by atoms with Crippen molar-refractivity contribution in [3.05, 3.63) is 70.8 Å². The third-order valence-electron chi connectivity index (χ3n) is 7.42. The number of amides is 2. The molecule has 2 amide bonds. The highest BCUT2D eigenvalue weighted by Crippen LogP contribution is 2.36. The molecule has 2 aromatic rings. The minimum absolute atomic E-state index is 0.00274. The van der Waals surface area contributed by atoms with Gasteiger partial charge in [0.15, 0.2) is 0 Å². The Bertz CT molecular complexity index is 1150. The van der Waals surface area contributed by atoms with Crippen LogP contribution in [0, 0.1) is 0 Å². The van der Waals surface area contributed by atoms with Crippen molar-refractivity contribution in [3.63, 3.8) is 0 Å². The Morgan fingerprint density at radius 2 is 1.57 bits per heavy atom. The van der Waals surface area contributed by atoms with Gasteiger partial charge in [-0.1, -0.05) is 30.3 Å². The Morgan fingerprint density at radius 1 is 0.975 bits per heavy atom. The van der Waals surface area contributed by atoms with Crippen molar-refractivity contribution in [2.24, 2.45) is 0 Å². The Balaban J connectivity index is 1.48. The second-order valence-corrected chi connectivity index (χ2v) is 10.2. The van der Waals surface area contributed by atoms with Gasteiger partial charge in [0.25, 0.3) is 0 Å². The number of benzene rings is 2. The summed E-state index contributed by atoms with van der Waals surface area (Å²) in [4.78, 5) is 30.9. The number of nitrogens with zero attached hydrogens (tertiary/aromatic N) is 3. The first kappa shape index (κ1) is 29.7. The van der Waals surface area contributed by atoms with E-state index in [0.717, 1.165) is 12.0 Å². The molecule has 12 heteroatoms. The number of likely N-dealkylation sites (tertiary alicyclic amines) is 1. The van der Waals surface area contributed by atoms with Crippen molar-refractivity contribution < 1.29 is 40.7 Å². The monoisotopic (exact) mass is 571 g/mol. The van der Waals surface area contributed by atoms with Gasteiger partial charge in [-0.3, -0.25) is 9.69 Å². The number of hydrogen-bond acceptors (Lipinski definition) is 4. The number of rotatable bonds is 7. The molecule has 0 aliphatic carbocycles. The number of hydrogen-bond donors (Lipinski definition) is 0. The van der Waals surface area contributed by atoms with Crippen LogP contribution in [0.5, 0.6) is 0 Å². The number of cyclic esters (lactones) is 1. The minimum Gasteiger partial charge on any atom is -0.449 e. The topological polar surface area (TPSA) is 53.1 Å². The lowest BCUT2D eigenvalue weighted by atomic mass is 9.97. The van der Waals surface area contributed by atoms with Gasteiger partial charge < -0.3 is 14.5 Å². The van der Waals surface area contributed by atoms with Crippen LogP contribution in [-0.2, 0) is 28.3 Å². The Hall–Kier alpha value is -3.28. The molecule has 0 aromatic heterocycles. The van der Waals surface area contributed by atoms with E-state index in [1.807, 2.05) is 23.1 Å². The molecule has 2 saturated heterocycles. The van der Waals surface area contributed by atoms with Crippen molar-refractivity contribution in [2.75, 3.05) is 39.8 Å². The molecule has 0 N–H and O–H groups in total. The van der Waals surface area contributed by atoms with Crippen molar-refractivity contribution in [1.82, 2.24) is 14.7 Å². The second kappa shape index (κ2) is 12.1. The predicted octanol–water partition coefficient (Wildman–Crippen LogP) is 5.77. The maximum absolute atomic E-state index is 13.7. The molecule has 218 valence electrons. The standard InChI is InChI=1S/C28H31F6N3O3/c1-35(12-8-19-16-21(27(29,30)31)18-22(17-19)28(32,33)34)25(38)24(20-6-3-2-4-7-20)36-13-9-23(10-14-36)37-11-5-15-40-26(37)39/h2-4,6-7,16-18,23-24H,5,8-15H2,1H3/t24-/m0/s1. The summed E-state index contributed by atoms with van der Waals surface area (Å²) in [6, 6.07) is 9.83. The Labute approximate surface area is 228 Å². The lowest BCUT2D eigenvalue weighted by Gasteiger charge is -2.42. The van der Waals surface area contributed by atoms with E-state index in [0.29, 0.717) is 51.2 Å². The van der Waals surface area contributed by atoms with Crippen LogP contribution in [0.25, 0.3) is 0 Å². The van der Waals surface area contributed by atoms with Gasteiger partial charge >= 0.3 is 18.4 Å². The van der Waals surface area contributed by atoms with Crippen LogP contribution in [0.1, 0.15) is 47.6 Å². The van der Waals surface area contributed by atoms with E-state index in [9.17, 15) is 35.9 Å². The molecule has 6 nitrogen and oxygen atoms in total. The van der Waals surface area contributed by atoms with Crippen molar-refractivity contribution in [3.8, 4) is 0 Å². The van der Waals surface area contributed by atoms with E-state index in [-0.39, 0.29) is 42.6 Å². The molecule has 1 atom stereocenters. The first-order chi connectivity index (χ1) is 18.8. The number of alkyl halides is 6. The average Bonchev–Trinajstić information content (AvgIpc) is 2.92. The third-order valence-corrected chi connectivity index (χ3v) is 7.42. The van der Waals surface area contributed by atoms with Gasteiger partial charge in [-0.25, -0.2) is 4.79 Å². The lowest BCUT2D eigenvalue weighted by molar-refractivity contribution is -0.143. The Kier molecular flexibility index (Phi) is 8.96. The van der Waals surface area contributed by atoms with E-state index < -0.39 is 29.5 Å². The molecule has 0 saturated carbocycles. The van der Waals surface area contributed by atoms with Gasteiger partial charge in [-0.2, -0.15) is 26.3 Å². The van der Waals surface area contributed by atoms with E-state index in [4.69, 9.17) is 4.74 Å². The smallest absolute Gasteiger partial charge is 0.416 e. The summed E-state index contributed by atoms with van der Waals surface area (Å²) in [6.45, 7) is 2.01. The number of piperidine rings is 1. The molecular weight excluding hydrogens is 540 g/mol. The first-order valence-corrected chi connectivity index (χ1v) is 13.1. The molecule has 0 radical (unpaired) electrons. The van der Waals surface area contributed by atoms with Gasteiger partial charge in [0.05, 0.1) is 17.7 Å². The summed E-state index contributed by atoms with van der Waals surface area (Å²) in [7, 11) is 1.49. The quantitative estimate of drug-likeness (QED) is 0.396. The van der Waals surface area contributed by atoms with Crippen molar-refractivity contribution >= 4 is 12.0 Å². The van der Waals surface area contributed by atoms with E-state index in [1.165, 1.54) is 11.9 Å². The van der Waals surface area contributed by atoms with Crippen LogP contribution in [-0.4, -0.2) is 72.6 Å². The zero-order chi connectivity index (χ0) is 29.1. The summed E-state index contributed by atoms with van der Waals surface area (Å²) >= 11 is 0. The molecule has 2 aliphatic rings. The summed E-state index contributed by atoms with van der Waals surface area (Å²) in [6.07, 6.45) is -8.35. The van der Waals surface area contributed by atoms with Gasteiger partial charge in [0, 0.05) is 39.3 Å². The summed E-state index contributed by atoms with van der Waals surface area (Å²) in [5.41, 5.74) is -2.19. The largest absolute Gasteiger partial charge is 0.449 e. The SMILES string of the molecule is CN(CCc1cc(C(F)(F)F)cc(C(F)(F)F)c1)C(=O)[C@H](c1ccccc1)N1CCC(N2CCCOC2=O)CC1. The number of carbonyl (C=O) groups is 2. The first-order valence-electron chi connectivity index (χ1n) is 13.1. The molecule has 0 spiro atoms. The second-order valence-electron chi connectivity index (χ2n) is 10.2. The average molecular weight is 572 g/mol. The number of halogens is 6. The van der Waals surface area contributed by atoms with E-state index in [1.54, 1.807) is 17.0 Å². The maximum atomic E-state index is 13.7. The molecular formula is C28H31F6N3O3. The molecule has 2 aromatic carbocycles. The Morgan fingerprint density at radius 3 is 2.12 bits per heavy atom. The van der Waals surface area contributed by atoms with Gasteiger partial charge in [-0.05, 0) is 55.0 Å². The summed E-state index contributed by atoms with van der Waals surface area (Å²) in [5.74, 6) is -0.315. The van der Waals surface area contributed by atoms with Gasteiger partial charge in [0.2, 0.25) is 5.91 Å². The number of ether oxygens (including phenoxy) is 1. The molecule has 40 heavy (non-hydrogen) atoms. The van der Waals surface area contributed by atoms with Crippen LogP contribution in [0.3, 0.4) is 0 Å². The molecule has 0 unspecified atom stereocenters. The minimum atomic E-state index is -4.94. The number of carbonyl (C=O) groups excluding carboxylic acids is 2. The van der Waals surface area contributed by atoms with Crippen LogP contribution in [0.15, 0.2) is 48.5 Å². The lowest BCUT2D eigenvalue weighted by Crippen LogP contribution is -2.52. The fourth-order valence-electron chi connectivity index (χ4n) is 5.28. The highest BCUT2D eigenvalue weighted by atomic mass is 19.4. The normalized spacial score (nSPS) is 18.4. The predicted molar refractivity (Wildman–Crippen MR) is 134 cm³/mol. The fourth-order valence-corrected chi connectivity index (χ4v) is 5.28. The number of likely N-dealkylation sites (N-methyl/N-ethyl adjacent to an activating group) is 1. The molecule has 0 bridgehead atoms. The van der Waals surface area contributed by atoms with E-state index >= 15 is 0 Å². The molecule has 2 heterocycles. The third kappa shape index (κ3) is 7.07.